The van der Waals surface area contributed by atoms with Crippen LogP contribution >= 0.6 is 23.2 Å². The fourth-order valence-corrected chi connectivity index (χ4v) is 9.48. The number of ether oxygens (including phenoxy) is 1. The minimum absolute atomic E-state index is 0.169. The zero-order valence-electron chi connectivity index (χ0n) is 34.3. The summed E-state index contributed by atoms with van der Waals surface area (Å²) in [4.78, 5) is 5.11. The molecule has 4 aromatic rings. The summed E-state index contributed by atoms with van der Waals surface area (Å²) >= 11 is 12.1. The second kappa shape index (κ2) is 20.8. The third-order valence-corrected chi connectivity index (χ3v) is 13.4. The van der Waals surface area contributed by atoms with Crippen LogP contribution in [0.25, 0.3) is 0 Å². The van der Waals surface area contributed by atoms with Gasteiger partial charge < -0.3 is 24.7 Å². The van der Waals surface area contributed by atoms with Crippen LogP contribution in [0.2, 0.25) is 10.0 Å². The van der Waals surface area contributed by atoms with E-state index in [1.165, 1.54) is 81.2 Å². The Morgan fingerprint density at radius 1 is 0.574 bits per heavy atom. The summed E-state index contributed by atoms with van der Waals surface area (Å²) in [6.45, 7) is 7.37. The molecule has 2 aliphatic carbocycles. The van der Waals surface area contributed by atoms with Crippen molar-refractivity contribution in [2.75, 3.05) is 52.5 Å². The number of alkyl halides is 6. The minimum atomic E-state index is -4.33. The van der Waals surface area contributed by atoms with Crippen LogP contribution in [-0.2, 0) is 23.2 Å². The second-order valence-corrected chi connectivity index (χ2v) is 18.2. The molecule has 0 radical (unpaired) electrons. The van der Waals surface area contributed by atoms with Gasteiger partial charge in [0.25, 0.3) is 0 Å². The molecule has 5 nitrogen and oxygen atoms in total. The molecule has 332 valence electrons. The molecular formula is C48H56Cl2F6N2O3. The van der Waals surface area contributed by atoms with Crippen LogP contribution in [-0.4, -0.2) is 72.5 Å². The number of aliphatic hydroxyl groups excluding tert-OH is 1. The molecule has 4 fully saturated rings. The Bertz CT molecular complexity index is 1940. The number of aromatic hydroxyl groups is 1. The molecule has 2 heterocycles. The molecule has 2 saturated carbocycles. The Kier molecular flexibility index (Phi) is 16.0. The molecule has 0 aromatic heterocycles. The van der Waals surface area contributed by atoms with Crippen molar-refractivity contribution >= 4 is 23.2 Å². The van der Waals surface area contributed by atoms with Crippen molar-refractivity contribution in [2.45, 2.75) is 87.4 Å². The zero-order valence-corrected chi connectivity index (χ0v) is 35.9. The van der Waals surface area contributed by atoms with Crippen molar-refractivity contribution in [1.29, 1.82) is 0 Å². The maximum atomic E-state index is 12.7. The Balaban J connectivity index is 0.000000172. The van der Waals surface area contributed by atoms with Gasteiger partial charge in [0, 0.05) is 59.6 Å². The number of hydrogen-bond acceptors (Lipinski definition) is 5. The Morgan fingerprint density at radius 2 is 0.984 bits per heavy atom. The van der Waals surface area contributed by atoms with Crippen molar-refractivity contribution in [3.8, 4) is 11.5 Å². The summed E-state index contributed by atoms with van der Waals surface area (Å²) in [6, 6.07) is 25.4. The van der Waals surface area contributed by atoms with Gasteiger partial charge in [0.15, 0.2) is 0 Å². The van der Waals surface area contributed by atoms with Crippen LogP contribution in [0.15, 0.2) is 97.1 Å². The van der Waals surface area contributed by atoms with Gasteiger partial charge >= 0.3 is 12.4 Å². The van der Waals surface area contributed by atoms with E-state index in [1.807, 2.05) is 24.3 Å². The van der Waals surface area contributed by atoms with E-state index in [0.717, 1.165) is 92.0 Å². The van der Waals surface area contributed by atoms with E-state index in [2.05, 4.69) is 34.1 Å². The number of nitrogens with zero attached hydrogens (tertiary/aromatic N) is 2. The van der Waals surface area contributed by atoms with E-state index in [0.29, 0.717) is 36.2 Å². The molecule has 0 spiro atoms. The number of aliphatic hydroxyl groups is 1. The number of hydrogen-bond donors (Lipinski definition) is 2. The molecule has 61 heavy (non-hydrogen) atoms. The molecule has 2 N–H and O–H groups in total. The fourth-order valence-electron chi connectivity index (χ4n) is 9.23. The van der Waals surface area contributed by atoms with Crippen LogP contribution in [0.4, 0.5) is 26.3 Å². The highest BCUT2D eigenvalue weighted by Gasteiger charge is 2.42. The Labute approximate surface area is 365 Å². The number of phenols is 1. The van der Waals surface area contributed by atoms with Gasteiger partial charge in [-0.05, 0) is 154 Å². The Morgan fingerprint density at radius 3 is 1.38 bits per heavy atom. The number of rotatable bonds is 10. The van der Waals surface area contributed by atoms with E-state index < -0.39 is 23.5 Å². The summed E-state index contributed by atoms with van der Waals surface area (Å²) < 4.78 is 79.4. The Hall–Kier alpha value is -3.48. The lowest BCUT2D eigenvalue weighted by molar-refractivity contribution is -0.138. The van der Waals surface area contributed by atoms with Gasteiger partial charge in [0.1, 0.15) is 11.5 Å². The third-order valence-electron chi connectivity index (χ3n) is 12.9. The van der Waals surface area contributed by atoms with Gasteiger partial charge in [0.2, 0.25) is 0 Å². The molecule has 0 amide bonds. The van der Waals surface area contributed by atoms with E-state index in [1.54, 1.807) is 0 Å². The molecule has 2 saturated heterocycles. The average molecular weight is 894 g/mol. The predicted octanol–water partition coefficient (Wildman–Crippen LogP) is 12.4. The normalized spacial score (nSPS) is 21.4. The van der Waals surface area contributed by atoms with Crippen LogP contribution in [0, 0.1) is 11.8 Å². The number of piperidine rings is 2. The molecule has 2 atom stereocenters. The molecule has 4 aliphatic rings. The van der Waals surface area contributed by atoms with Crippen molar-refractivity contribution in [2.24, 2.45) is 11.8 Å². The van der Waals surface area contributed by atoms with Crippen molar-refractivity contribution in [3.05, 3.63) is 129 Å². The molecular weight excluding hydrogens is 837 g/mol. The van der Waals surface area contributed by atoms with Gasteiger partial charge in [-0.2, -0.15) is 26.3 Å². The number of halogens is 8. The number of benzene rings is 4. The summed E-state index contributed by atoms with van der Waals surface area (Å²) in [5.74, 6) is 1.20. The standard InChI is InChI=1S/C24H27ClF3NO.C17H24ClNO.C7H5F3O/c25-21-8-4-19(5-9-21)23(12-2-13-23)17-29-14-1-3-18(15-29)16-30-22-10-6-20(7-11-22)24(26,27)28;18-16-6-4-15(5-7-16)17(8-2-9-17)13-19-10-1-3-14(11-19)12-20;8-7(9,10)5-1-3-6(11)4-2-5/h4-11,18H,1-3,12-17H2;4-7,14,20H,1-3,8-13H2;1-4,11H. The molecule has 2 aliphatic heterocycles. The van der Waals surface area contributed by atoms with Gasteiger partial charge in [-0.15, -0.1) is 0 Å². The first-order chi connectivity index (χ1) is 29.1. The highest BCUT2D eigenvalue weighted by Crippen LogP contribution is 2.46. The van der Waals surface area contributed by atoms with E-state index >= 15 is 0 Å². The number of phenolic OH excluding ortho intramolecular Hbond substituents is 1. The number of likely N-dealkylation sites (tertiary alicyclic amines) is 2. The largest absolute Gasteiger partial charge is 0.508 e. The summed E-state index contributed by atoms with van der Waals surface area (Å²) in [5.41, 5.74) is 1.98. The first-order valence-electron chi connectivity index (χ1n) is 21.3. The molecule has 13 heteroatoms. The van der Waals surface area contributed by atoms with Crippen LogP contribution in [0.3, 0.4) is 0 Å². The lowest BCUT2D eigenvalue weighted by atomic mass is 9.64. The van der Waals surface area contributed by atoms with Crippen LogP contribution in [0.1, 0.15) is 86.5 Å². The molecule has 8 rings (SSSR count). The maximum absolute atomic E-state index is 12.7. The average Bonchev–Trinajstić information content (AvgIpc) is 3.21. The van der Waals surface area contributed by atoms with Crippen molar-refractivity contribution in [1.82, 2.24) is 9.80 Å². The van der Waals surface area contributed by atoms with E-state index in [9.17, 15) is 31.4 Å². The SMILES string of the molecule is FC(F)(F)c1ccc(OCC2CCCN(CC3(c4ccc(Cl)cc4)CCC3)C2)cc1.OCC1CCCN(CC2(c3ccc(Cl)cc3)CCC2)C1.Oc1ccc(C(F)(F)F)cc1. The molecule has 4 aromatic carbocycles. The van der Waals surface area contributed by atoms with E-state index in [4.69, 9.17) is 33.0 Å². The summed E-state index contributed by atoms with van der Waals surface area (Å²) in [7, 11) is 0. The first kappa shape index (κ1) is 47.0. The quantitative estimate of drug-likeness (QED) is 0.155. The second-order valence-electron chi connectivity index (χ2n) is 17.3. The highest BCUT2D eigenvalue weighted by molar-refractivity contribution is 6.30. The summed E-state index contributed by atoms with van der Waals surface area (Å²) in [6.07, 6.45) is 3.56. The first-order valence-corrected chi connectivity index (χ1v) is 22.1. The topological polar surface area (TPSA) is 56.2 Å². The zero-order chi connectivity index (χ0) is 43.7. The third kappa shape index (κ3) is 13.0. The van der Waals surface area contributed by atoms with Crippen molar-refractivity contribution in [3.63, 3.8) is 0 Å². The molecule has 2 unspecified atom stereocenters. The van der Waals surface area contributed by atoms with Gasteiger partial charge in [-0.25, -0.2) is 0 Å². The monoisotopic (exact) mass is 892 g/mol. The van der Waals surface area contributed by atoms with Crippen LogP contribution in [0.5, 0.6) is 11.5 Å². The van der Waals surface area contributed by atoms with Gasteiger partial charge in [-0.1, -0.05) is 60.3 Å². The minimum Gasteiger partial charge on any atom is -0.508 e. The van der Waals surface area contributed by atoms with E-state index in [-0.39, 0.29) is 11.2 Å². The smallest absolute Gasteiger partial charge is 0.416 e. The van der Waals surface area contributed by atoms with Gasteiger partial charge in [0.05, 0.1) is 17.7 Å². The predicted molar refractivity (Wildman–Crippen MR) is 229 cm³/mol. The molecule has 0 bridgehead atoms. The highest BCUT2D eigenvalue weighted by atomic mass is 35.5. The summed E-state index contributed by atoms with van der Waals surface area (Å²) in [5, 5.41) is 19.6. The van der Waals surface area contributed by atoms with Crippen molar-refractivity contribution < 1.29 is 41.3 Å². The van der Waals surface area contributed by atoms with Crippen LogP contribution < -0.4 is 4.74 Å². The maximum Gasteiger partial charge on any atom is 0.416 e. The fraction of sp³-hybridized carbons (Fsp3) is 0.500. The van der Waals surface area contributed by atoms with Gasteiger partial charge in [-0.3, -0.25) is 0 Å². The lowest BCUT2D eigenvalue weighted by Gasteiger charge is -2.47. The lowest BCUT2D eigenvalue weighted by Crippen LogP contribution is -2.49.